The van der Waals surface area contributed by atoms with E-state index >= 15 is 0 Å². The molecule has 1 saturated carbocycles. The maximum absolute atomic E-state index is 12.6. The Morgan fingerprint density at radius 2 is 2.06 bits per heavy atom. The lowest BCUT2D eigenvalue weighted by atomic mass is 9.90. The molecular formula is C14H23NO3. The molecule has 0 radical (unpaired) electrons. The molecule has 4 nitrogen and oxygen atoms in total. The Labute approximate surface area is 108 Å². The number of carboxylic acids is 1. The van der Waals surface area contributed by atoms with Gasteiger partial charge in [0.25, 0.3) is 0 Å². The topological polar surface area (TPSA) is 57.6 Å². The molecule has 2 aliphatic rings. The third-order valence-corrected chi connectivity index (χ3v) is 4.92. The van der Waals surface area contributed by atoms with Gasteiger partial charge in [0.05, 0.1) is 0 Å². The van der Waals surface area contributed by atoms with E-state index in [0.717, 1.165) is 25.7 Å². The van der Waals surface area contributed by atoms with Gasteiger partial charge in [0, 0.05) is 12.5 Å². The van der Waals surface area contributed by atoms with Gasteiger partial charge in [-0.05, 0) is 38.0 Å². The third-order valence-electron chi connectivity index (χ3n) is 4.92. The lowest BCUT2D eigenvalue weighted by molar-refractivity contribution is -0.159. The van der Waals surface area contributed by atoms with Crippen LogP contribution in [0.25, 0.3) is 0 Å². The van der Waals surface area contributed by atoms with Crippen LogP contribution in [0.2, 0.25) is 0 Å². The van der Waals surface area contributed by atoms with Crippen molar-refractivity contribution >= 4 is 11.9 Å². The fourth-order valence-electron chi connectivity index (χ4n) is 3.65. The molecule has 2 rings (SSSR count). The van der Waals surface area contributed by atoms with E-state index in [1.165, 1.54) is 0 Å². The number of hydrogen-bond acceptors (Lipinski definition) is 2. The van der Waals surface area contributed by atoms with Gasteiger partial charge in [-0.3, -0.25) is 4.79 Å². The van der Waals surface area contributed by atoms with E-state index in [1.807, 2.05) is 6.92 Å². The maximum Gasteiger partial charge on any atom is 0.329 e. The quantitative estimate of drug-likeness (QED) is 0.839. The van der Waals surface area contributed by atoms with Crippen LogP contribution in [0.3, 0.4) is 0 Å². The minimum atomic E-state index is -0.931. The van der Waals surface area contributed by atoms with Gasteiger partial charge in [-0.2, -0.15) is 0 Å². The van der Waals surface area contributed by atoms with Gasteiger partial charge in [0.15, 0.2) is 0 Å². The molecule has 1 aliphatic carbocycles. The fraction of sp³-hybridized carbons (Fsp3) is 0.857. The zero-order valence-electron chi connectivity index (χ0n) is 11.3. The zero-order valence-corrected chi connectivity index (χ0v) is 11.3. The first-order valence-electron chi connectivity index (χ1n) is 7.08. The molecule has 3 atom stereocenters. The molecule has 102 valence electrons. The van der Waals surface area contributed by atoms with Crippen molar-refractivity contribution < 1.29 is 14.7 Å². The van der Waals surface area contributed by atoms with Crippen LogP contribution in [0, 0.1) is 11.8 Å². The predicted molar refractivity (Wildman–Crippen MR) is 68.1 cm³/mol. The summed E-state index contributed by atoms with van der Waals surface area (Å²) in [7, 11) is 0. The number of hydrogen-bond donors (Lipinski definition) is 1. The Morgan fingerprint density at radius 3 is 2.56 bits per heavy atom. The highest BCUT2D eigenvalue weighted by Crippen LogP contribution is 2.39. The Balaban J connectivity index is 2.21. The maximum atomic E-state index is 12.6. The number of nitrogens with zero attached hydrogens (tertiary/aromatic N) is 1. The van der Waals surface area contributed by atoms with Crippen molar-refractivity contribution in [2.75, 3.05) is 6.54 Å². The molecule has 1 aliphatic heterocycles. The summed E-state index contributed by atoms with van der Waals surface area (Å²) < 4.78 is 0. The molecule has 1 amide bonds. The van der Waals surface area contributed by atoms with Crippen molar-refractivity contribution in [2.24, 2.45) is 11.8 Å². The molecular weight excluding hydrogens is 230 g/mol. The van der Waals surface area contributed by atoms with Crippen molar-refractivity contribution in [1.29, 1.82) is 0 Å². The number of carbonyl (C=O) groups excluding carboxylic acids is 1. The van der Waals surface area contributed by atoms with Crippen molar-refractivity contribution in [3.05, 3.63) is 0 Å². The SMILES string of the molecule is CCC1(C(=O)O)CCCN1C(=O)C1CCCC1C. The zero-order chi connectivity index (χ0) is 13.3. The smallest absolute Gasteiger partial charge is 0.329 e. The first-order chi connectivity index (χ1) is 8.53. The van der Waals surface area contributed by atoms with Crippen LogP contribution >= 0.6 is 0 Å². The summed E-state index contributed by atoms with van der Waals surface area (Å²) in [6.07, 6.45) is 5.04. The monoisotopic (exact) mass is 253 g/mol. The minimum Gasteiger partial charge on any atom is -0.479 e. The summed E-state index contributed by atoms with van der Waals surface area (Å²) in [5.74, 6) is -0.293. The number of amides is 1. The first kappa shape index (κ1) is 13.4. The van der Waals surface area contributed by atoms with Gasteiger partial charge in [-0.25, -0.2) is 4.79 Å². The van der Waals surface area contributed by atoms with Gasteiger partial charge in [-0.1, -0.05) is 20.3 Å². The van der Waals surface area contributed by atoms with Gasteiger partial charge >= 0.3 is 5.97 Å². The molecule has 0 aromatic rings. The van der Waals surface area contributed by atoms with Crippen LogP contribution in [0.5, 0.6) is 0 Å². The molecule has 2 fully saturated rings. The normalized spacial score (nSPS) is 36.0. The second kappa shape index (κ2) is 4.90. The van der Waals surface area contributed by atoms with E-state index in [0.29, 0.717) is 25.3 Å². The van der Waals surface area contributed by atoms with Crippen molar-refractivity contribution in [1.82, 2.24) is 4.90 Å². The number of aliphatic carboxylic acids is 1. The molecule has 0 aromatic carbocycles. The van der Waals surface area contributed by atoms with Gasteiger partial charge < -0.3 is 10.0 Å². The number of carbonyl (C=O) groups is 2. The third kappa shape index (κ3) is 1.91. The second-order valence-corrected chi connectivity index (χ2v) is 5.80. The summed E-state index contributed by atoms with van der Waals surface area (Å²) in [4.78, 5) is 25.8. The average Bonchev–Trinajstić information content (AvgIpc) is 2.94. The molecule has 3 unspecified atom stereocenters. The van der Waals surface area contributed by atoms with E-state index in [9.17, 15) is 14.7 Å². The Hall–Kier alpha value is -1.06. The molecule has 4 heteroatoms. The van der Waals surface area contributed by atoms with Gasteiger partial charge in [-0.15, -0.1) is 0 Å². The second-order valence-electron chi connectivity index (χ2n) is 5.80. The van der Waals surface area contributed by atoms with Gasteiger partial charge in [0.1, 0.15) is 5.54 Å². The molecule has 1 heterocycles. The van der Waals surface area contributed by atoms with Crippen LogP contribution in [0.15, 0.2) is 0 Å². The fourth-order valence-corrected chi connectivity index (χ4v) is 3.65. The van der Waals surface area contributed by atoms with E-state index in [4.69, 9.17) is 0 Å². The average molecular weight is 253 g/mol. The molecule has 18 heavy (non-hydrogen) atoms. The Bertz CT molecular complexity index is 355. The summed E-state index contributed by atoms with van der Waals surface area (Å²) in [5, 5.41) is 9.50. The summed E-state index contributed by atoms with van der Waals surface area (Å²) >= 11 is 0. The van der Waals surface area contributed by atoms with E-state index < -0.39 is 11.5 Å². The first-order valence-corrected chi connectivity index (χ1v) is 7.08. The van der Waals surface area contributed by atoms with Crippen molar-refractivity contribution in [3.8, 4) is 0 Å². The van der Waals surface area contributed by atoms with Crippen LogP contribution in [-0.2, 0) is 9.59 Å². The lowest BCUT2D eigenvalue weighted by Crippen LogP contribution is -2.54. The Kier molecular flexibility index (Phi) is 3.64. The van der Waals surface area contributed by atoms with E-state index in [-0.39, 0.29) is 11.8 Å². The molecule has 1 saturated heterocycles. The van der Waals surface area contributed by atoms with E-state index in [1.54, 1.807) is 4.90 Å². The molecule has 0 spiro atoms. The molecule has 0 bridgehead atoms. The largest absolute Gasteiger partial charge is 0.479 e. The van der Waals surface area contributed by atoms with E-state index in [2.05, 4.69) is 6.92 Å². The minimum absolute atomic E-state index is 0.0494. The van der Waals surface area contributed by atoms with Crippen LogP contribution in [-0.4, -0.2) is 34.0 Å². The lowest BCUT2D eigenvalue weighted by Gasteiger charge is -2.36. The predicted octanol–water partition coefficient (Wildman–Crippen LogP) is 2.28. The summed E-state index contributed by atoms with van der Waals surface area (Å²) in [5.41, 5.74) is -0.931. The highest BCUT2D eigenvalue weighted by atomic mass is 16.4. The summed E-state index contributed by atoms with van der Waals surface area (Å²) in [6.45, 7) is 4.60. The summed E-state index contributed by atoms with van der Waals surface area (Å²) in [6, 6.07) is 0. The van der Waals surface area contributed by atoms with Crippen molar-refractivity contribution in [2.45, 2.75) is 57.9 Å². The molecule has 1 N–H and O–H groups in total. The van der Waals surface area contributed by atoms with Crippen LogP contribution in [0.4, 0.5) is 0 Å². The molecule has 0 aromatic heterocycles. The number of rotatable bonds is 3. The number of carboxylic acid groups (broad SMARTS) is 1. The van der Waals surface area contributed by atoms with Gasteiger partial charge in [0.2, 0.25) is 5.91 Å². The highest BCUT2D eigenvalue weighted by molar-refractivity contribution is 5.89. The van der Waals surface area contributed by atoms with Crippen molar-refractivity contribution in [3.63, 3.8) is 0 Å². The Morgan fingerprint density at radius 1 is 1.33 bits per heavy atom. The van der Waals surface area contributed by atoms with Crippen LogP contribution in [0.1, 0.15) is 52.4 Å². The standard InChI is InChI=1S/C14H23NO3/c1-3-14(13(17)18)8-5-9-15(14)12(16)11-7-4-6-10(11)2/h10-11H,3-9H2,1-2H3,(H,17,18). The number of likely N-dealkylation sites (tertiary alicyclic amines) is 1. The van der Waals surface area contributed by atoms with Crippen LogP contribution < -0.4 is 0 Å². The highest BCUT2D eigenvalue weighted by Gasteiger charge is 2.50.